The highest BCUT2D eigenvalue weighted by atomic mass is 19.4. The summed E-state index contributed by atoms with van der Waals surface area (Å²) in [6.07, 6.45) is -3.86. The third-order valence-electron chi connectivity index (χ3n) is 4.42. The Bertz CT molecular complexity index is 1020. The van der Waals surface area contributed by atoms with Crippen molar-refractivity contribution in [2.24, 2.45) is 0 Å². The SMILES string of the molecule is CC.CNc1cccc(C(F)(F)F)c1.O=C1Cc2ccccc2N1c1ccccc1O. The number of hydrogen-bond acceptors (Lipinski definition) is 3. The molecule has 4 nitrogen and oxygen atoms in total. The number of carbonyl (C=O) groups excluding carboxylic acids is 1. The molecule has 1 aliphatic heterocycles. The smallest absolute Gasteiger partial charge is 0.416 e. The van der Waals surface area contributed by atoms with Crippen molar-refractivity contribution in [1.82, 2.24) is 0 Å². The second kappa shape index (κ2) is 10.5. The van der Waals surface area contributed by atoms with Gasteiger partial charge < -0.3 is 10.4 Å². The number of halogens is 3. The van der Waals surface area contributed by atoms with E-state index in [2.05, 4.69) is 5.32 Å². The average Bonchev–Trinajstić information content (AvgIpc) is 3.11. The number of carbonyl (C=O) groups is 1. The zero-order valence-corrected chi connectivity index (χ0v) is 17.6. The van der Waals surface area contributed by atoms with E-state index < -0.39 is 11.7 Å². The normalized spacial score (nSPS) is 12.2. The van der Waals surface area contributed by atoms with Crippen LogP contribution in [0.5, 0.6) is 5.75 Å². The van der Waals surface area contributed by atoms with Crippen LogP contribution < -0.4 is 10.2 Å². The van der Waals surface area contributed by atoms with Gasteiger partial charge in [0.05, 0.1) is 23.4 Å². The van der Waals surface area contributed by atoms with Gasteiger partial charge >= 0.3 is 6.18 Å². The maximum Gasteiger partial charge on any atom is 0.416 e. The number of nitrogens with one attached hydrogen (secondary N) is 1. The summed E-state index contributed by atoms with van der Waals surface area (Å²) in [6.45, 7) is 4.00. The number of alkyl halides is 3. The Kier molecular flexibility index (Phi) is 8.07. The number of benzene rings is 3. The largest absolute Gasteiger partial charge is 0.506 e. The van der Waals surface area contributed by atoms with Gasteiger partial charge in [-0.25, -0.2) is 0 Å². The molecule has 0 unspecified atom stereocenters. The number of phenolic OH excluding ortho intramolecular Hbond substituents is 1. The number of phenols is 1. The lowest BCUT2D eigenvalue weighted by Crippen LogP contribution is -2.20. The van der Waals surface area contributed by atoms with Gasteiger partial charge in [-0.05, 0) is 42.0 Å². The standard InChI is InChI=1S/C14H11NO2.C8H8F3N.C2H6/c16-13-8-4-3-7-12(13)15-11-6-2-1-5-10(11)9-14(15)17;1-12-7-4-2-3-6(5-7)8(9,10)11;1-2/h1-8,16H,9H2;2-5,12H,1H3;1-2H3. The second-order valence-electron chi connectivity index (χ2n) is 6.35. The molecule has 31 heavy (non-hydrogen) atoms. The number of fused-ring (bicyclic) bond motifs is 1. The van der Waals surface area contributed by atoms with Crippen molar-refractivity contribution < 1.29 is 23.1 Å². The molecule has 3 aromatic rings. The zero-order valence-electron chi connectivity index (χ0n) is 17.6. The van der Waals surface area contributed by atoms with Crippen LogP contribution in [0.1, 0.15) is 25.0 Å². The van der Waals surface area contributed by atoms with Crippen LogP contribution in [0.3, 0.4) is 0 Å². The van der Waals surface area contributed by atoms with Gasteiger partial charge in [-0.3, -0.25) is 9.69 Å². The molecule has 0 spiro atoms. The van der Waals surface area contributed by atoms with Crippen LogP contribution in [0.2, 0.25) is 0 Å². The first-order valence-electron chi connectivity index (χ1n) is 9.85. The molecule has 0 bridgehead atoms. The lowest BCUT2D eigenvalue weighted by Gasteiger charge is -2.18. The molecule has 0 aromatic heterocycles. The quantitative estimate of drug-likeness (QED) is 0.496. The topological polar surface area (TPSA) is 52.6 Å². The summed E-state index contributed by atoms with van der Waals surface area (Å²) in [5.41, 5.74) is 2.24. The minimum absolute atomic E-state index is 0.00676. The summed E-state index contributed by atoms with van der Waals surface area (Å²) in [5.74, 6) is 0.116. The Morgan fingerprint density at radius 2 is 1.52 bits per heavy atom. The Morgan fingerprint density at radius 1 is 0.903 bits per heavy atom. The molecule has 1 heterocycles. The molecule has 2 N–H and O–H groups in total. The number of rotatable bonds is 2. The van der Waals surface area contributed by atoms with Gasteiger partial charge in [0.2, 0.25) is 5.91 Å². The predicted molar refractivity (Wildman–Crippen MR) is 118 cm³/mol. The second-order valence-corrected chi connectivity index (χ2v) is 6.35. The molecule has 0 atom stereocenters. The molecule has 0 aliphatic carbocycles. The van der Waals surface area contributed by atoms with Crippen LogP contribution in [-0.4, -0.2) is 18.1 Å². The van der Waals surface area contributed by atoms with E-state index in [0.717, 1.165) is 23.4 Å². The van der Waals surface area contributed by atoms with E-state index in [4.69, 9.17) is 0 Å². The number of nitrogens with zero attached hydrogens (tertiary/aromatic N) is 1. The highest BCUT2D eigenvalue weighted by Gasteiger charge is 2.30. The summed E-state index contributed by atoms with van der Waals surface area (Å²) in [4.78, 5) is 13.6. The van der Waals surface area contributed by atoms with Crippen molar-refractivity contribution in [3.8, 4) is 5.75 Å². The first-order valence-corrected chi connectivity index (χ1v) is 9.85. The van der Waals surface area contributed by atoms with Crippen LogP contribution in [0.15, 0.2) is 72.8 Å². The van der Waals surface area contributed by atoms with Crippen molar-refractivity contribution in [2.45, 2.75) is 26.4 Å². The molecule has 7 heteroatoms. The predicted octanol–water partition coefficient (Wildman–Crippen LogP) is 6.39. The lowest BCUT2D eigenvalue weighted by molar-refractivity contribution is -0.137. The van der Waals surface area contributed by atoms with E-state index in [1.54, 1.807) is 36.2 Å². The first-order chi connectivity index (χ1) is 14.8. The summed E-state index contributed by atoms with van der Waals surface area (Å²) in [5, 5.41) is 12.5. The van der Waals surface area contributed by atoms with Gasteiger partial charge in [0.25, 0.3) is 0 Å². The number of hydrogen-bond donors (Lipinski definition) is 2. The molecular formula is C24H25F3N2O2. The summed E-state index contributed by atoms with van der Waals surface area (Å²) < 4.78 is 36.2. The van der Waals surface area contributed by atoms with E-state index >= 15 is 0 Å². The van der Waals surface area contributed by atoms with Gasteiger partial charge in [-0.1, -0.05) is 50.2 Å². The van der Waals surface area contributed by atoms with Gasteiger partial charge in [-0.2, -0.15) is 13.2 Å². The molecule has 1 aliphatic rings. The Morgan fingerprint density at radius 3 is 2.13 bits per heavy atom. The molecule has 0 radical (unpaired) electrons. The number of amides is 1. The average molecular weight is 430 g/mol. The van der Waals surface area contributed by atoms with Crippen molar-refractivity contribution in [3.05, 3.63) is 83.9 Å². The van der Waals surface area contributed by atoms with Crippen LogP contribution in [0.4, 0.5) is 30.2 Å². The Labute approximate surface area is 180 Å². The maximum absolute atomic E-state index is 12.1. The van der Waals surface area contributed by atoms with Gasteiger partial charge in [-0.15, -0.1) is 0 Å². The highest BCUT2D eigenvalue weighted by molar-refractivity contribution is 6.08. The van der Waals surface area contributed by atoms with Crippen LogP contribution in [0.25, 0.3) is 0 Å². The monoisotopic (exact) mass is 430 g/mol. The van der Waals surface area contributed by atoms with E-state index in [0.29, 0.717) is 17.8 Å². The van der Waals surface area contributed by atoms with E-state index in [-0.39, 0.29) is 11.7 Å². The molecule has 1 amide bonds. The van der Waals surface area contributed by atoms with Crippen molar-refractivity contribution in [1.29, 1.82) is 0 Å². The van der Waals surface area contributed by atoms with Crippen molar-refractivity contribution in [2.75, 3.05) is 17.3 Å². The molecule has 0 saturated carbocycles. The molecule has 164 valence electrons. The number of aromatic hydroxyl groups is 1. The molecule has 0 fully saturated rings. The summed E-state index contributed by atoms with van der Waals surface area (Å²) >= 11 is 0. The van der Waals surface area contributed by atoms with Crippen molar-refractivity contribution in [3.63, 3.8) is 0 Å². The fraction of sp³-hybridized carbons (Fsp3) is 0.208. The van der Waals surface area contributed by atoms with Gasteiger partial charge in [0.15, 0.2) is 0 Å². The summed E-state index contributed by atoms with van der Waals surface area (Å²) in [7, 11) is 1.58. The van der Waals surface area contributed by atoms with E-state index in [1.165, 1.54) is 6.07 Å². The van der Waals surface area contributed by atoms with Crippen molar-refractivity contribution >= 4 is 23.0 Å². The minimum atomic E-state index is -4.26. The minimum Gasteiger partial charge on any atom is -0.506 e. The molecular weight excluding hydrogens is 405 g/mol. The molecule has 4 rings (SSSR count). The van der Waals surface area contributed by atoms with Gasteiger partial charge in [0.1, 0.15) is 5.75 Å². The first kappa shape index (κ1) is 23.8. The maximum atomic E-state index is 12.1. The fourth-order valence-electron chi connectivity index (χ4n) is 3.02. The van der Waals surface area contributed by atoms with Crippen LogP contribution >= 0.6 is 0 Å². The third kappa shape index (κ3) is 5.78. The Hall–Kier alpha value is -3.48. The molecule has 3 aromatic carbocycles. The van der Waals surface area contributed by atoms with Gasteiger partial charge in [0, 0.05) is 12.7 Å². The van der Waals surface area contributed by atoms with E-state index in [9.17, 15) is 23.1 Å². The Balaban J connectivity index is 0.000000216. The lowest BCUT2D eigenvalue weighted by atomic mass is 10.2. The highest BCUT2D eigenvalue weighted by Crippen LogP contribution is 2.39. The van der Waals surface area contributed by atoms with Crippen LogP contribution in [-0.2, 0) is 17.4 Å². The number of para-hydroxylation sites is 3. The summed E-state index contributed by atoms with van der Waals surface area (Å²) in [6, 6.07) is 19.6. The third-order valence-corrected chi connectivity index (χ3v) is 4.42. The fourth-order valence-corrected chi connectivity index (χ4v) is 3.02. The van der Waals surface area contributed by atoms with Crippen LogP contribution in [0, 0.1) is 0 Å². The number of anilines is 3. The molecule has 0 saturated heterocycles. The van der Waals surface area contributed by atoms with E-state index in [1.807, 2.05) is 44.2 Å². The zero-order chi connectivity index (χ0) is 23.0.